The van der Waals surface area contributed by atoms with E-state index in [-0.39, 0.29) is 11.3 Å². The fourth-order valence-corrected chi connectivity index (χ4v) is 1.88. The molecule has 0 saturated carbocycles. The number of nitrogens with one attached hydrogen (secondary N) is 1. The number of carbonyl (C=O) groups is 1. The molecule has 1 rings (SSSR count). The zero-order chi connectivity index (χ0) is 13.1. The number of hydrogen-bond acceptors (Lipinski definition) is 2. The number of hydrogen-bond donors (Lipinski definition) is 1. The first-order chi connectivity index (χ1) is 7.85. The minimum Gasteiger partial charge on any atom is -0.387 e. The van der Waals surface area contributed by atoms with Gasteiger partial charge in [-0.3, -0.25) is 4.79 Å². The van der Waals surface area contributed by atoms with Crippen LogP contribution in [-0.2, 0) is 0 Å². The van der Waals surface area contributed by atoms with Crippen molar-refractivity contribution in [2.45, 2.75) is 20.8 Å². The Balaban J connectivity index is 2.89. The Morgan fingerprint density at radius 1 is 1.29 bits per heavy atom. The molecule has 1 N–H and O–H groups in total. The number of anilines is 1. The van der Waals surface area contributed by atoms with Crippen molar-refractivity contribution in [3.63, 3.8) is 0 Å². The molecule has 17 heavy (non-hydrogen) atoms. The largest absolute Gasteiger partial charge is 0.387 e. The monoisotopic (exact) mass is 234 g/mol. The molecule has 0 aliphatic heterocycles. The van der Waals surface area contributed by atoms with E-state index in [0.29, 0.717) is 0 Å². The summed E-state index contributed by atoms with van der Waals surface area (Å²) in [5, 5.41) is 3.05. The smallest absolute Gasteiger partial charge is 0.255 e. The highest BCUT2D eigenvalue weighted by atomic mass is 16.2. The number of para-hydroxylation sites is 1. The molecule has 3 nitrogen and oxygen atoms in total. The van der Waals surface area contributed by atoms with Crippen LogP contribution in [0, 0.1) is 5.41 Å². The van der Waals surface area contributed by atoms with Gasteiger partial charge in [0, 0.05) is 26.3 Å². The molecule has 94 valence electrons. The summed E-state index contributed by atoms with van der Waals surface area (Å²) in [7, 11) is 3.68. The number of rotatable bonds is 3. The van der Waals surface area contributed by atoms with Crippen molar-refractivity contribution in [1.82, 2.24) is 4.90 Å². The van der Waals surface area contributed by atoms with Crippen molar-refractivity contribution in [2.75, 3.05) is 26.0 Å². The molecule has 0 spiro atoms. The molecule has 0 atom stereocenters. The van der Waals surface area contributed by atoms with Crippen molar-refractivity contribution >= 4 is 11.6 Å². The summed E-state index contributed by atoms with van der Waals surface area (Å²) in [5.41, 5.74) is 1.71. The van der Waals surface area contributed by atoms with E-state index >= 15 is 0 Å². The van der Waals surface area contributed by atoms with Crippen LogP contribution in [0.4, 0.5) is 5.69 Å². The minimum atomic E-state index is 0.0601. The molecule has 1 amide bonds. The Morgan fingerprint density at radius 2 is 1.88 bits per heavy atom. The van der Waals surface area contributed by atoms with Crippen molar-refractivity contribution in [3.05, 3.63) is 29.8 Å². The van der Waals surface area contributed by atoms with Gasteiger partial charge in [0.1, 0.15) is 0 Å². The molecule has 1 aromatic rings. The van der Waals surface area contributed by atoms with E-state index in [1.165, 1.54) is 0 Å². The van der Waals surface area contributed by atoms with Gasteiger partial charge in [0.2, 0.25) is 0 Å². The molecule has 0 fully saturated rings. The van der Waals surface area contributed by atoms with Crippen LogP contribution < -0.4 is 5.32 Å². The molecule has 0 bridgehead atoms. The lowest BCUT2D eigenvalue weighted by Crippen LogP contribution is -2.34. The van der Waals surface area contributed by atoms with Gasteiger partial charge in [-0.2, -0.15) is 0 Å². The zero-order valence-corrected chi connectivity index (χ0v) is 11.4. The van der Waals surface area contributed by atoms with Gasteiger partial charge in [-0.25, -0.2) is 0 Å². The SMILES string of the molecule is CNc1ccccc1C(=O)N(C)CC(C)(C)C. The predicted molar refractivity (Wildman–Crippen MR) is 72.4 cm³/mol. The average Bonchev–Trinajstić information content (AvgIpc) is 2.25. The summed E-state index contributed by atoms with van der Waals surface area (Å²) in [6.07, 6.45) is 0. The van der Waals surface area contributed by atoms with Crippen LogP contribution in [0.1, 0.15) is 31.1 Å². The molecule has 0 aliphatic rings. The Labute approximate surface area is 104 Å². The van der Waals surface area contributed by atoms with Gasteiger partial charge in [0.05, 0.1) is 5.56 Å². The van der Waals surface area contributed by atoms with E-state index in [1.807, 2.05) is 38.4 Å². The fraction of sp³-hybridized carbons (Fsp3) is 0.500. The second-order valence-corrected chi connectivity index (χ2v) is 5.52. The maximum absolute atomic E-state index is 12.3. The van der Waals surface area contributed by atoms with E-state index in [0.717, 1.165) is 17.8 Å². The third-order valence-corrected chi connectivity index (χ3v) is 2.49. The van der Waals surface area contributed by atoms with Crippen LogP contribution in [0.3, 0.4) is 0 Å². The van der Waals surface area contributed by atoms with Crippen molar-refractivity contribution < 1.29 is 4.79 Å². The van der Waals surface area contributed by atoms with Gasteiger partial charge < -0.3 is 10.2 Å². The van der Waals surface area contributed by atoms with Gasteiger partial charge in [-0.05, 0) is 17.5 Å². The minimum absolute atomic E-state index is 0.0601. The van der Waals surface area contributed by atoms with Crippen LogP contribution >= 0.6 is 0 Å². The summed E-state index contributed by atoms with van der Waals surface area (Å²) < 4.78 is 0. The van der Waals surface area contributed by atoms with Crippen LogP contribution in [0.15, 0.2) is 24.3 Å². The molecule has 1 aromatic carbocycles. The van der Waals surface area contributed by atoms with E-state index < -0.39 is 0 Å². The summed E-state index contributed by atoms with van der Waals surface area (Å²) in [4.78, 5) is 14.1. The highest BCUT2D eigenvalue weighted by Crippen LogP contribution is 2.19. The van der Waals surface area contributed by atoms with Crippen molar-refractivity contribution in [2.24, 2.45) is 5.41 Å². The van der Waals surface area contributed by atoms with Gasteiger partial charge >= 0.3 is 0 Å². The van der Waals surface area contributed by atoms with E-state index in [9.17, 15) is 4.79 Å². The first kappa shape index (κ1) is 13.6. The standard InChI is InChI=1S/C14H22N2O/c1-14(2,3)10-16(5)13(17)11-8-6-7-9-12(11)15-4/h6-9,15H,10H2,1-5H3. The Hall–Kier alpha value is -1.51. The van der Waals surface area contributed by atoms with Gasteiger partial charge in [0.15, 0.2) is 0 Å². The fourth-order valence-electron chi connectivity index (χ4n) is 1.88. The second kappa shape index (κ2) is 5.21. The van der Waals surface area contributed by atoms with Crippen LogP contribution in [0.25, 0.3) is 0 Å². The number of benzene rings is 1. The predicted octanol–water partition coefficient (Wildman–Crippen LogP) is 2.85. The highest BCUT2D eigenvalue weighted by molar-refractivity contribution is 5.99. The van der Waals surface area contributed by atoms with E-state index in [4.69, 9.17) is 0 Å². The summed E-state index contributed by atoms with van der Waals surface area (Å²) in [6.45, 7) is 7.12. The van der Waals surface area contributed by atoms with Gasteiger partial charge in [0.25, 0.3) is 5.91 Å². The van der Waals surface area contributed by atoms with Gasteiger partial charge in [-0.15, -0.1) is 0 Å². The second-order valence-electron chi connectivity index (χ2n) is 5.52. The summed E-state index contributed by atoms with van der Waals surface area (Å²) >= 11 is 0. The highest BCUT2D eigenvalue weighted by Gasteiger charge is 2.20. The number of carbonyl (C=O) groups excluding carboxylic acids is 1. The maximum atomic E-state index is 12.3. The average molecular weight is 234 g/mol. The maximum Gasteiger partial charge on any atom is 0.255 e. The van der Waals surface area contributed by atoms with Crippen LogP contribution in [0.2, 0.25) is 0 Å². The zero-order valence-electron chi connectivity index (χ0n) is 11.4. The lowest BCUT2D eigenvalue weighted by Gasteiger charge is -2.27. The Morgan fingerprint density at radius 3 is 2.41 bits per heavy atom. The van der Waals surface area contributed by atoms with Crippen LogP contribution in [-0.4, -0.2) is 31.4 Å². The molecular formula is C14H22N2O. The third kappa shape index (κ3) is 3.77. The quantitative estimate of drug-likeness (QED) is 0.872. The molecule has 0 saturated heterocycles. The van der Waals surface area contributed by atoms with Crippen molar-refractivity contribution in [1.29, 1.82) is 0 Å². The molecular weight excluding hydrogens is 212 g/mol. The molecule has 0 aliphatic carbocycles. The normalized spacial score (nSPS) is 11.1. The number of nitrogens with zero attached hydrogens (tertiary/aromatic N) is 1. The van der Waals surface area contributed by atoms with E-state index in [2.05, 4.69) is 26.1 Å². The third-order valence-electron chi connectivity index (χ3n) is 2.49. The molecule has 0 heterocycles. The lowest BCUT2D eigenvalue weighted by molar-refractivity contribution is 0.0746. The molecule has 3 heteroatoms. The van der Waals surface area contributed by atoms with E-state index in [1.54, 1.807) is 4.90 Å². The van der Waals surface area contributed by atoms with Crippen LogP contribution in [0.5, 0.6) is 0 Å². The summed E-state index contributed by atoms with van der Waals surface area (Å²) in [6, 6.07) is 7.58. The Bertz CT molecular complexity index is 393. The molecule has 0 unspecified atom stereocenters. The topological polar surface area (TPSA) is 32.3 Å². The Kier molecular flexibility index (Phi) is 4.16. The van der Waals surface area contributed by atoms with Crippen molar-refractivity contribution in [3.8, 4) is 0 Å². The van der Waals surface area contributed by atoms with Gasteiger partial charge in [-0.1, -0.05) is 32.9 Å². The molecule has 0 aromatic heterocycles. The summed E-state index contributed by atoms with van der Waals surface area (Å²) in [5.74, 6) is 0.0601. The number of amides is 1. The first-order valence-electron chi connectivity index (χ1n) is 5.87. The molecule has 0 radical (unpaired) electrons. The lowest BCUT2D eigenvalue weighted by atomic mass is 9.96. The first-order valence-corrected chi connectivity index (χ1v) is 5.87.